The van der Waals surface area contributed by atoms with Crippen molar-refractivity contribution in [3.8, 4) is 0 Å². The van der Waals surface area contributed by atoms with Crippen LogP contribution in [-0.4, -0.2) is 21.1 Å². The maximum atomic E-state index is 12.0. The molecule has 0 spiro atoms. The second kappa shape index (κ2) is 7.34. The molecule has 4 heteroatoms. The van der Waals surface area contributed by atoms with Crippen molar-refractivity contribution in [2.45, 2.75) is 26.9 Å². The molecule has 1 unspecified atom stereocenters. The van der Waals surface area contributed by atoms with Gasteiger partial charge in [0.2, 0.25) is 0 Å². The fourth-order valence-electron chi connectivity index (χ4n) is 3.28. The summed E-state index contributed by atoms with van der Waals surface area (Å²) in [6.07, 6.45) is 0. The highest BCUT2D eigenvalue weighted by Gasteiger charge is 2.12. The molecule has 1 aromatic heterocycles. The standard InChI is InChI=1S/C22H26N2O2/c1-15-10-20-18(12-22(25)26-21(20)11-16(15)2)14-24(5)13-17-6-8-19(9-7-17)23(3)4/h6-12H,13-14H2,1-5H3/p+1. The molecule has 0 aliphatic carbocycles. The van der Waals surface area contributed by atoms with Crippen molar-refractivity contribution < 1.29 is 9.32 Å². The quantitative estimate of drug-likeness (QED) is 0.718. The van der Waals surface area contributed by atoms with E-state index in [1.807, 2.05) is 27.1 Å². The molecule has 0 aliphatic heterocycles. The third-order valence-electron chi connectivity index (χ3n) is 4.90. The summed E-state index contributed by atoms with van der Waals surface area (Å²) < 4.78 is 5.40. The van der Waals surface area contributed by atoms with E-state index in [1.165, 1.54) is 21.7 Å². The molecule has 26 heavy (non-hydrogen) atoms. The van der Waals surface area contributed by atoms with E-state index in [-0.39, 0.29) is 5.63 Å². The third kappa shape index (κ3) is 3.97. The van der Waals surface area contributed by atoms with Crippen LogP contribution in [0.25, 0.3) is 11.0 Å². The second-order valence-corrected chi connectivity index (χ2v) is 7.39. The van der Waals surface area contributed by atoms with Gasteiger partial charge in [-0.25, -0.2) is 4.79 Å². The van der Waals surface area contributed by atoms with E-state index in [1.54, 1.807) is 6.07 Å². The van der Waals surface area contributed by atoms with Crippen molar-refractivity contribution in [2.24, 2.45) is 0 Å². The molecule has 0 radical (unpaired) electrons. The Morgan fingerprint density at radius 1 is 0.962 bits per heavy atom. The molecule has 1 N–H and O–H groups in total. The Labute approximate surface area is 154 Å². The lowest BCUT2D eigenvalue weighted by atomic mass is 10.0. The summed E-state index contributed by atoms with van der Waals surface area (Å²) >= 11 is 0. The summed E-state index contributed by atoms with van der Waals surface area (Å²) in [4.78, 5) is 15.4. The van der Waals surface area contributed by atoms with Crippen LogP contribution in [0.5, 0.6) is 0 Å². The van der Waals surface area contributed by atoms with Crippen LogP contribution < -0.4 is 15.4 Å². The maximum absolute atomic E-state index is 12.0. The smallest absolute Gasteiger partial charge is 0.336 e. The van der Waals surface area contributed by atoms with Crippen molar-refractivity contribution in [1.29, 1.82) is 0 Å². The Morgan fingerprint density at radius 3 is 2.27 bits per heavy atom. The van der Waals surface area contributed by atoms with Gasteiger partial charge in [-0.15, -0.1) is 0 Å². The van der Waals surface area contributed by atoms with Crippen LogP contribution in [0.4, 0.5) is 5.69 Å². The summed E-state index contributed by atoms with van der Waals surface area (Å²) in [6.45, 7) is 5.81. The van der Waals surface area contributed by atoms with Crippen molar-refractivity contribution in [3.05, 3.63) is 75.1 Å². The molecule has 0 saturated carbocycles. The molecule has 3 aromatic rings. The van der Waals surface area contributed by atoms with Gasteiger partial charge < -0.3 is 14.2 Å². The van der Waals surface area contributed by atoms with Crippen LogP contribution in [0.3, 0.4) is 0 Å². The van der Waals surface area contributed by atoms with E-state index in [0.717, 1.165) is 29.6 Å². The topological polar surface area (TPSA) is 37.9 Å². The molecule has 2 aromatic carbocycles. The molecule has 0 aliphatic rings. The number of nitrogens with zero attached hydrogens (tertiary/aromatic N) is 1. The SMILES string of the molecule is Cc1cc2oc(=O)cc(C[NH+](C)Cc3ccc(N(C)C)cc3)c2cc1C. The predicted octanol–water partition coefficient (Wildman–Crippen LogP) is 2.69. The molecule has 1 atom stereocenters. The van der Waals surface area contributed by atoms with Crippen molar-refractivity contribution in [1.82, 2.24) is 0 Å². The zero-order valence-corrected chi connectivity index (χ0v) is 16.2. The van der Waals surface area contributed by atoms with Crippen molar-refractivity contribution in [2.75, 3.05) is 26.0 Å². The first kappa shape index (κ1) is 18.2. The van der Waals surface area contributed by atoms with Crippen LogP contribution >= 0.6 is 0 Å². The Kier molecular flexibility index (Phi) is 5.14. The van der Waals surface area contributed by atoms with E-state index < -0.39 is 0 Å². The minimum absolute atomic E-state index is 0.279. The minimum Gasteiger partial charge on any atom is -0.423 e. The number of nitrogens with one attached hydrogen (secondary N) is 1. The van der Waals surface area contributed by atoms with Gasteiger partial charge in [0.05, 0.1) is 7.05 Å². The van der Waals surface area contributed by atoms with Gasteiger partial charge in [0.25, 0.3) is 0 Å². The maximum Gasteiger partial charge on any atom is 0.336 e. The van der Waals surface area contributed by atoms with Gasteiger partial charge in [-0.3, -0.25) is 0 Å². The molecule has 0 amide bonds. The molecule has 1 heterocycles. The monoisotopic (exact) mass is 351 g/mol. The molecule has 136 valence electrons. The lowest BCUT2D eigenvalue weighted by molar-refractivity contribution is -0.907. The normalized spacial score (nSPS) is 12.3. The number of aryl methyl sites for hydroxylation is 2. The summed E-state index contributed by atoms with van der Waals surface area (Å²) in [5.74, 6) is 0. The first-order valence-corrected chi connectivity index (χ1v) is 8.95. The first-order valence-electron chi connectivity index (χ1n) is 8.95. The largest absolute Gasteiger partial charge is 0.423 e. The fraction of sp³-hybridized carbons (Fsp3) is 0.318. The molecule has 0 bridgehead atoms. The third-order valence-corrected chi connectivity index (χ3v) is 4.90. The number of benzene rings is 2. The highest BCUT2D eigenvalue weighted by Crippen LogP contribution is 2.21. The summed E-state index contributed by atoms with van der Waals surface area (Å²) in [6, 6.07) is 14.3. The van der Waals surface area contributed by atoms with Crippen LogP contribution in [0.2, 0.25) is 0 Å². The molecular weight excluding hydrogens is 324 g/mol. The Bertz CT molecular complexity index is 972. The minimum atomic E-state index is -0.279. The number of anilines is 1. The number of fused-ring (bicyclic) bond motifs is 1. The van der Waals surface area contributed by atoms with Crippen LogP contribution in [-0.2, 0) is 13.1 Å². The van der Waals surface area contributed by atoms with Gasteiger partial charge in [-0.1, -0.05) is 12.1 Å². The van der Waals surface area contributed by atoms with Gasteiger partial charge in [-0.2, -0.15) is 0 Å². The Morgan fingerprint density at radius 2 is 1.62 bits per heavy atom. The summed E-state index contributed by atoms with van der Waals surface area (Å²) in [7, 11) is 6.24. The predicted molar refractivity (Wildman–Crippen MR) is 107 cm³/mol. The van der Waals surface area contributed by atoms with Crippen molar-refractivity contribution >= 4 is 16.7 Å². The van der Waals surface area contributed by atoms with Crippen LogP contribution in [0.1, 0.15) is 22.3 Å². The van der Waals surface area contributed by atoms with Gasteiger partial charge in [-0.05, 0) is 49.2 Å². The first-order chi connectivity index (χ1) is 12.3. The zero-order chi connectivity index (χ0) is 18.8. The van der Waals surface area contributed by atoms with Gasteiger partial charge in [0.15, 0.2) is 0 Å². The number of hydrogen-bond donors (Lipinski definition) is 1. The number of quaternary nitrogens is 1. The van der Waals surface area contributed by atoms with E-state index in [0.29, 0.717) is 5.58 Å². The Hall–Kier alpha value is -2.59. The number of hydrogen-bond acceptors (Lipinski definition) is 3. The van der Waals surface area contributed by atoms with Crippen LogP contribution in [0.15, 0.2) is 51.7 Å². The summed E-state index contributed by atoms with van der Waals surface area (Å²) in [5, 5.41) is 1.04. The van der Waals surface area contributed by atoms with Crippen molar-refractivity contribution in [3.63, 3.8) is 0 Å². The van der Waals surface area contributed by atoms with E-state index in [9.17, 15) is 4.79 Å². The molecule has 4 nitrogen and oxygen atoms in total. The molecular formula is C22H27N2O2+. The van der Waals surface area contributed by atoms with E-state index in [4.69, 9.17) is 4.42 Å². The molecule has 0 saturated heterocycles. The lowest BCUT2D eigenvalue weighted by Gasteiger charge is -2.17. The van der Waals surface area contributed by atoms with E-state index >= 15 is 0 Å². The van der Waals surface area contributed by atoms with E-state index in [2.05, 4.69) is 49.2 Å². The Balaban J connectivity index is 1.83. The fourth-order valence-corrected chi connectivity index (χ4v) is 3.28. The average Bonchev–Trinajstić information content (AvgIpc) is 2.57. The number of rotatable bonds is 5. The van der Waals surface area contributed by atoms with Gasteiger partial charge in [0, 0.05) is 42.4 Å². The van der Waals surface area contributed by atoms with Gasteiger partial charge in [0.1, 0.15) is 18.7 Å². The van der Waals surface area contributed by atoms with Crippen LogP contribution in [0, 0.1) is 13.8 Å². The van der Waals surface area contributed by atoms with Gasteiger partial charge >= 0.3 is 5.63 Å². The lowest BCUT2D eigenvalue weighted by Crippen LogP contribution is -3.06. The second-order valence-electron chi connectivity index (χ2n) is 7.39. The highest BCUT2D eigenvalue weighted by atomic mass is 16.4. The zero-order valence-electron chi connectivity index (χ0n) is 16.2. The molecule has 3 rings (SSSR count). The summed E-state index contributed by atoms with van der Waals surface area (Å²) in [5.41, 5.74) is 6.28. The average molecular weight is 351 g/mol. The molecule has 0 fully saturated rings. The highest BCUT2D eigenvalue weighted by molar-refractivity contribution is 5.81.